The van der Waals surface area contributed by atoms with Gasteiger partial charge in [0.25, 0.3) is 0 Å². The fourth-order valence-corrected chi connectivity index (χ4v) is 6.76. The number of allylic oxidation sites excluding steroid dienone is 1. The third kappa shape index (κ3) is 4.10. The summed E-state index contributed by atoms with van der Waals surface area (Å²) in [6.45, 7) is 10.1. The number of ether oxygens (including phenoxy) is 1. The molecule has 2 saturated carbocycles. The van der Waals surface area contributed by atoms with Crippen LogP contribution >= 0.6 is 0 Å². The van der Waals surface area contributed by atoms with Gasteiger partial charge in [0.05, 0.1) is 11.0 Å². The molecule has 0 saturated heterocycles. The van der Waals surface area contributed by atoms with Crippen LogP contribution in [0.2, 0.25) is 0 Å². The van der Waals surface area contributed by atoms with Crippen LogP contribution in [0.15, 0.2) is 23.3 Å². The van der Waals surface area contributed by atoms with Crippen LogP contribution in [0.5, 0.6) is 0 Å². The molecule has 0 radical (unpaired) electrons. The molecule has 168 valence electrons. The zero-order chi connectivity index (χ0) is 22.3. The summed E-state index contributed by atoms with van der Waals surface area (Å²) in [6, 6.07) is 0. The van der Waals surface area contributed by atoms with Gasteiger partial charge in [-0.3, -0.25) is 4.79 Å². The average Bonchev–Trinajstić information content (AvgIpc) is 2.95. The second-order valence-corrected chi connectivity index (χ2v) is 10.7. The van der Waals surface area contributed by atoms with Crippen LogP contribution in [0.3, 0.4) is 0 Å². The minimum Gasteiger partial charge on any atom is -0.481 e. The van der Waals surface area contributed by atoms with Crippen LogP contribution in [0.4, 0.5) is 0 Å². The first-order valence-corrected chi connectivity index (χ1v) is 11.4. The Bertz CT molecular complexity index is 764. The molecule has 2 fully saturated rings. The number of cyclic esters (lactones) is 1. The molecule has 0 aromatic heterocycles. The molecular weight excluding hydrogens is 380 g/mol. The van der Waals surface area contributed by atoms with Gasteiger partial charge in [0.15, 0.2) is 0 Å². The van der Waals surface area contributed by atoms with E-state index in [1.165, 1.54) is 5.57 Å². The van der Waals surface area contributed by atoms with E-state index >= 15 is 0 Å². The molecular formula is C25H38O5. The fraction of sp³-hybridized carbons (Fsp3) is 0.760. The number of carbonyl (C=O) groups excluding carboxylic acids is 1. The maximum absolute atomic E-state index is 12.2. The quantitative estimate of drug-likeness (QED) is 0.467. The van der Waals surface area contributed by atoms with Gasteiger partial charge in [0, 0.05) is 12.5 Å². The van der Waals surface area contributed by atoms with E-state index in [0.29, 0.717) is 12.8 Å². The molecule has 5 nitrogen and oxygen atoms in total. The van der Waals surface area contributed by atoms with Gasteiger partial charge in [-0.05, 0) is 89.0 Å². The second kappa shape index (κ2) is 8.14. The Balaban J connectivity index is 1.73. The molecule has 6 atom stereocenters. The van der Waals surface area contributed by atoms with E-state index < -0.39 is 17.0 Å². The number of esters is 1. The lowest BCUT2D eigenvalue weighted by Crippen LogP contribution is -2.59. The van der Waals surface area contributed by atoms with Gasteiger partial charge in [-0.1, -0.05) is 25.0 Å². The van der Waals surface area contributed by atoms with Crippen LogP contribution in [-0.2, 0) is 14.3 Å². The van der Waals surface area contributed by atoms with Crippen molar-refractivity contribution in [2.24, 2.45) is 22.7 Å². The predicted molar refractivity (Wildman–Crippen MR) is 116 cm³/mol. The van der Waals surface area contributed by atoms with Crippen molar-refractivity contribution < 1.29 is 24.5 Å². The molecule has 0 spiro atoms. The molecule has 0 bridgehead atoms. The minimum absolute atomic E-state index is 0.0667. The molecule has 5 heteroatoms. The van der Waals surface area contributed by atoms with Gasteiger partial charge in [-0.15, -0.1) is 0 Å². The van der Waals surface area contributed by atoms with Gasteiger partial charge in [-0.25, -0.2) is 4.79 Å². The van der Waals surface area contributed by atoms with Crippen molar-refractivity contribution in [3.8, 4) is 0 Å². The van der Waals surface area contributed by atoms with E-state index in [-0.39, 0.29) is 29.3 Å². The summed E-state index contributed by atoms with van der Waals surface area (Å²) in [5.74, 6) is -0.794. The van der Waals surface area contributed by atoms with Crippen LogP contribution in [0.1, 0.15) is 86.0 Å². The summed E-state index contributed by atoms with van der Waals surface area (Å²) in [4.78, 5) is 23.5. The highest BCUT2D eigenvalue weighted by molar-refractivity contribution is 5.85. The topological polar surface area (TPSA) is 83.8 Å². The number of carboxylic acid groups (broad SMARTS) is 1. The molecule has 0 aromatic carbocycles. The predicted octanol–water partition coefficient (Wildman–Crippen LogP) is 5.03. The Kier molecular flexibility index (Phi) is 6.26. The minimum atomic E-state index is -0.775. The Morgan fingerprint density at radius 2 is 1.97 bits per heavy atom. The van der Waals surface area contributed by atoms with E-state index in [1.54, 1.807) is 6.08 Å². The van der Waals surface area contributed by atoms with Gasteiger partial charge in [-0.2, -0.15) is 0 Å². The van der Waals surface area contributed by atoms with E-state index in [2.05, 4.69) is 19.9 Å². The van der Waals surface area contributed by atoms with Crippen molar-refractivity contribution in [2.45, 2.75) is 97.7 Å². The number of aliphatic carboxylic acids is 1. The third-order valence-electron chi connectivity index (χ3n) is 8.57. The molecule has 3 rings (SSSR count). The van der Waals surface area contributed by atoms with Gasteiger partial charge in [0.2, 0.25) is 0 Å². The first-order valence-electron chi connectivity index (χ1n) is 11.4. The molecule has 0 amide bonds. The first kappa shape index (κ1) is 23.1. The normalized spacial score (nSPS) is 41.8. The molecule has 1 heterocycles. The lowest BCUT2D eigenvalue weighted by molar-refractivity contribution is -0.190. The number of hydrogen-bond acceptors (Lipinski definition) is 4. The number of rotatable bonds is 6. The summed E-state index contributed by atoms with van der Waals surface area (Å²) in [5.41, 5.74) is 0.535. The van der Waals surface area contributed by atoms with Gasteiger partial charge in [0.1, 0.15) is 6.10 Å². The first-order chi connectivity index (χ1) is 13.9. The van der Waals surface area contributed by atoms with Crippen molar-refractivity contribution in [1.82, 2.24) is 0 Å². The van der Waals surface area contributed by atoms with Crippen molar-refractivity contribution in [2.75, 3.05) is 0 Å². The Morgan fingerprint density at radius 3 is 2.57 bits per heavy atom. The SMILES string of the molecule is CC1=CC(=O)O[C@@H]1C/C=C(\C)CC[C@@H]1[C@@]2(C)CCC[C@@](C)(C(=O)O)[C@@H]2CC[C@@]1(C)O. The molecule has 1 aliphatic heterocycles. The van der Waals surface area contributed by atoms with E-state index in [1.807, 2.05) is 20.8 Å². The van der Waals surface area contributed by atoms with Crippen molar-refractivity contribution >= 4 is 11.9 Å². The highest BCUT2D eigenvalue weighted by Crippen LogP contribution is 2.63. The molecule has 2 N–H and O–H groups in total. The van der Waals surface area contributed by atoms with Crippen molar-refractivity contribution in [3.63, 3.8) is 0 Å². The lowest BCUT2D eigenvalue weighted by Gasteiger charge is -2.60. The number of hydrogen-bond donors (Lipinski definition) is 2. The summed E-state index contributed by atoms with van der Waals surface area (Å²) in [7, 11) is 0. The molecule has 2 aliphatic carbocycles. The van der Waals surface area contributed by atoms with E-state index in [9.17, 15) is 19.8 Å². The number of aliphatic hydroxyl groups is 1. The van der Waals surface area contributed by atoms with Crippen molar-refractivity contribution in [3.05, 3.63) is 23.3 Å². The van der Waals surface area contributed by atoms with Crippen LogP contribution in [-0.4, -0.2) is 33.9 Å². The zero-order valence-corrected chi connectivity index (χ0v) is 19.2. The molecule has 30 heavy (non-hydrogen) atoms. The maximum Gasteiger partial charge on any atom is 0.331 e. The summed E-state index contributed by atoms with van der Waals surface area (Å²) < 4.78 is 5.31. The van der Waals surface area contributed by atoms with Crippen LogP contribution < -0.4 is 0 Å². The summed E-state index contributed by atoms with van der Waals surface area (Å²) in [5, 5.41) is 21.3. The summed E-state index contributed by atoms with van der Waals surface area (Å²) >= 11 is 0. The highest BCUT2D eigenvalue weighted by atomic mass is 16.5. The number of fused-ring (bicyclic) bond motifs is 1. The average molecular weight is 419 g/mol. The van der Waals surface area contributed by atoms with Gasteiger partial charge >= 0.3 is 11.9 Å². The standard InChI is InChI=1S/C25H38O5/c1-16(7-9-18-17(2)15-21(26)30-18)8-10-20-23(3)12-6-13-24(4,22(27)28)19(23)11-14-25(20,5)29/h7,15,18-20,29H,6,8-14H2,1-5H3,(H,27,28)/b16-7+/t18-,19-,20-,23+,24-,25-/m1/s1. The number of carbonyl (C=O) groups is 2. The molecule has 0 unspecified atom stereocenters. The zero-order valence-electron chi connectivity index (χ0n) is 19.2. The smallest absolute Gasteiger partial charge is 0.331 e. The Labute approximate surface area is 180 Å². The van der Waals surface area contributed by atoms with E-state index in [4.69, 9.17) is 4.74 Å². The van der Waals surface area contributed by atoms with Crippen LogP contribution in [0, 0.1) is 22.7 Å². The number of carboxylic acids is 1. The highest BCUT2D eigenvalue weighted by Gasteiger charge is 2.61. The van der Waals surface area contributed by atoms with Crippen molar-refractivity contribution in [1.29, 1.82) is 0 Å². The van der Waals surface area contributed by atoms with Gasteiger partial charge < -0.3 is 14.9 Å². The second-order valence-electron chi connectivity index (χ2n) is 10.7. The molecule has 0 aromatic rings. The third-order valence-corrected chi connectivity index (χ3v) is 8.57. The largest absolute Gasteiger partial charge is 0.481 e. The monoisotopic (exact) mass is 418 g/mol. The Hall–Kier alpha value is -1.62. The maximum atomic E-state index is 12.2. The summed E-state index contributed by atoms with van der Waals surface area (Å²) in [6.07, 6.45) is 9.94. The van der Waals surface area contributed by atoms with E-state index in [0.717, 1.165) is 44.1 Å². The Morgan fingerprint density at radius 1 is 1.27 bits per heavy atom. The fourth-order valence-electron chi connectivity index (χ4n) is 6.76. The van der Waals surface area contributed by atoms with Crippen LogP contribution in [0.25, 0.3) is 0 Å². The lowest BCUT2D eigenvalue weighted by atomic mass is 9.44. The molecule has 3 aliphatic rings.